The van der Waals surface area contributed by atoms with Gasteiger partial charge in [-0.1, -0.05) is 60.2 Å². The van der Waals surface area contributed by atoms with Crippen molar-refractivity contribution in [3.05, 3.63) is 75.9 Å². The van der Waals surface area contributed by atoms with Gasteiger partial charge in [0.2, 0.25) is 0 Å². The summed E-state index contributed by atoms with van der Waals surface area (Å²) < 4.78 is 42.4. The summed E-state index contributed by atoms with van der Waals surface area (Å²) in [7, 11) is 0. The third-order valence-corrected chi connectivity index (χ3v) is 9.12. The molecule has 2 unspecified atom stereocenters. The summed E-state index contributed by atoms with van der Waals surface area (Å²) in [6.45, 7) is 22.5. The maximum Gasteiger partial charge on any atom is 0.330 e. The highest BCUT2D eigenvalue weighted by Gasteiger charge is 2.43. The monoisotopic (exact) mass is 816 g/mol. The van der Waals surface area contributed by atoms with Gasteiger partial charge in [-0.05, 0) is 42.4 Å². The molecule has 0 saturated heterocycles. The van der Waals surface area contributed by atoms with Crippen molar-refractivity contribution in [2.24, 2.45) is 27.6 Å². The van der Waals surface area contributed by atoms with Gasteiger partial charge in [0.15, 0.2) is 0 Å². The Morgan fingerprint density at radius 3 is 1.09 bits per heavy atom. The molecule has 320 valence electrons. The molecule has 0 aromatic rings. The molecule has 0 bridgehead atoms. The molecule has 0 aromatic carbocycles. The molecule has 0 aliphatic heterocycles. The minimum atomic E-state index is -1.49. The summed E-state index contributed by atoms with van der Waals surface area (Å²) in [6.07, 6.45) is 7.63. The summed E-state index contributed by atoms with van der Waals surface area (Å²) >= 11 is 0. The second-order valence-corrected chi connectivity index (χ2v) is 15.3. The topological polar surface area (TPSA) is 210 Å². The Kier molecular flexibility index (Phi) is 20.8. The van der Waals surface area contributed by atoms with Crippen LogP contribution in [0.5, 0.6) is 0 Å². The van der Waals surface area contributed by atoms with E-state index in [0.717, 1.165) is 36.5 Å². The lowest BCUT2D eigenvalue weighted by Gasteiger charge is -2.46. The summed E-state index contributed by atoms with van der Waals surface area (Å²) in [5.74, 6) is -6.33. The highest BCUT2D eigenvalue weighted by Crippen LogP contribution is 2.51. The SMILES string of the molecule is C=CC(=O)OCC(COC(=O)C=C)(COC(=O)C=C)COC(=O)CCC1(C)CC(CC(=O)OCC(COC(=O)C=C)(COC(=O)C=C)COC(=O)C=C)CC(C)(C)C1. The predicted octanol–water partition coefficient (Wildman–Crippen LogP) is 4.42. The molecule has 16 nitrogen and oxygen atoms in total. The van der Waals surface area contributed by atoms with Crippen molar-refractivity contribution in [3.63, 3.8) is 0 Å². The van der Waals surface area contributed by atoms with E-state index in [1.165, 1.54) is 0 Å². The fourth-order valence-corrected chi connectivity index (χ4v) is 6.62. The van der Waals surface area contributed by atoms with E-state index in [9.17, 15) is 38.4 Å². The minimum Gasteiger partial charge on any atom is -0.465 e. The number of esters is 8. The van der Waals surface area contributed by atoms with Crippen molar-refractivity contribution in [3.8, 4) is 0 Å². The van der Waals surface area contributed by atoms with Crippen molar-refractivity contribution in [1.82, 2.24) is 0 Å². The first kappa shape index (κ1) is 50.2. The fraction of sp³-hybridized carbons (Fsp3) is 0.524. The lowest BCUT2D eigenvalue weighted by molar-refractivity contribution is -0.170. The zero-order chi connectivity index (χ0) is 44.0. The van der Waals surface area contributed by atoms with Crippen LogP contribution in [0.4, 0.5) is 0 Å². The van der Waals surface area contributed by atoms with Crippen LogP contribution < -0.4 is 0 Å². The number of hydrogen-bond donors (Lipinski definition) is 0. The van der Waals surface area contributed by atoms with E-state index in [1.54, 1.807) is 0 Å². The molecule has 0 amide bonds. The Hall–Kier alpha value is -5.80. The molecule has 16 heteroatoms. The molecule has 0 heterocycles. The highest BCUT2D eigenvalue weighted by atomic mass is 16.6. The van der Waals surface area contributed by atoms with Gasteiger partial charge in [-0.25, -0.2) is 28.8 Å². The van der Waals surface area contributed by atoms with Crippen molar-refractivity contribution in [1.29, 1.82) is 0 Å². The van der Waals surface area contributed by atoms with Crippen LogP contribution in [0.3, 0.4) is 0 Å². The number of carbonyl (C=O) groups excluding carboxylic acids is 8. The third kappa shape index (κ3) is 18.9. The Morgan fingerprint density at radius 1 is 0.483 bits per heavy atom. The second-order valence-electron chi connectivity index (χ2n) is 15.3. The van der Waals surface area contributed by atoms with Crippen molar-refractivity contribution >= 4 is 47.8 Å². The Balaban J connectivity index is 3.13. The number of ether oxygens (including phenoxy) is 8. The molecule has 0 spiro atoms. The minimum absolute atomic E-state index is 0.0241. The smallest absolute Gasteiger partial charge is 0.330 e. The van der Waals surface area contributed by atoms with Gasteiger partial charge in [0.25, 0.3) is 0 Å². The van der Waals surface area contributed by atoms with Gasteiger partial charge in [0.05, 0.1) is 0 Å². The van der Waals surface area contributed by atoms with Crippen LogP contribution in [0.15, 0.2) is 75.9 Å². The Labute approximate surface area is 339 Å². The first-order chi connectivity index (χ1) is 27.2. The average molecular weight is 817 g/mol. The molecular weight excluding hydrogens is 760 g/mol. The molecule has 1 aliphatic rings. The van der Waals surface area contributed by atoms with Crippen molar-refractivity contribution in [2.45, 2.75) is 59.3 Å². The molecule has 1 saturated carbocycles. The quantitative estimate of drug-likeness (QED) is 0.0638. The normalized spacial score (nSPS) is 17.1. The summed E-state index contributed by atoms with van der Waals surface area (Å²) in [5.41, 5.74) is -3.67. The van der Waals surface area contributed by atoms with Crippen LogP contribution in [0.25, 0.3) is 0 Å². The van der Waals surface area contributed by atoms with Gasteiger partial charge in [0, 0.05) is 49.3 Å². The van der Waals surface area contributed by atoms with E-state index in [2.05, 4.69) is 53.3 Å². The van der Waals surface area contributed by atoms with Crippen LogP contribution in [-0.4, -0.2) is 101 Å². The summed E-state index contributed by atoms with van der Waals surface area (Å²) in [6, 6.07) is 0. The van der Waals surface area contributed by atoms with Gasteiger partial charge in [0.1, 0.15) is 63.7 Å². The molecule has 0 aromatic heterocycles. The van der Waals surface area contributed by atoms with E-state index >= 15 is 0 Å². The van der Waals surface area contributed by atoms with E-state index in [-0.39, 0.29) is 24.2 Å². The zero-order valence-corrected chi connectivity index (χ0v) is 33.7. The van der Waals surface area contributed by atoms with Crippen molar-refractivity contribution in [2.75, 3.05) is 52.9 Å². The third-order valence-electron chi connectivity index (χ3n) is 9.12. The lowest BCUT2D eigenvalue weighted by Crippen LogP contribution is -2.44. The lowest BCUT2D eigenvalue weighted by atomic mass is 9.59. The fourth-order valence-electron chi connectivity index (χ4n) is 6.62. The number of carbonyl (C=O) groups is 8. The van der Waals surface area contributed by atoms with Crippen LogP contribution >= 0.6 is 0 Å². The first-order valence-electron chi connectivity index (χ1n) is 18.3. The van der Waals surface area contributed by atoms with Gasteiger partial charge in [-0.2, -0.15) is 0 Å². The van der Waals surface area contributed by atoms with Gasteiger partial charge in [-0.3, -0.25) is 9.59 Å². The van der Waals surface area contributed by atoms with E-state index in [4.69, 9.17) is 37.9 Å². The maximum absolute atomic E-state index is 13.4. The van der Waals surface area contributed by atoms with E-state index in [0.29, 0.717) is 25.7 Å². The van der Waals surface area contributed by atoms with Gasteiger partial charge in [-0.15, -0.1) is 0 Å². The second kappa shape index (κ2) is 24.1. The highest BCUT2D eigenvalue weighted by molar-refractivity contribution is 5.83. The predicted molar refractivity (Wildman–Crippen MR) is 207 cm³/mol. The van der Waals surface area contributed by atoms with Gasteiger partial charge < -0.3 is 37.9 Å². The zero-order valence-electron chi connectivity index (χ0n) is 33.7. The summed E-state index contributed by atoms with van der Waals surface area (Å²) in [5, 5.41) is 0. The van der Waals surface area contributed by atoms with E-state index < -0.39 is 117 Å². The van der Waals surface area contributed by atoms with Crippen LogP contribution in [0, 0.1) is 27.6 Å². The van der Waals surface area contributed by atoms with Crippen molar-refractivity contribution < 1.29 is 76.3 Å². The first-order valence-corrected chi connectivity index (χ1v) is 18.3. The molecule has 0 radical (unpaired) electrons. The summed E-state index contributed by atoms with van der Waals surface area (Å²) in [4.78, 5) is 98.2. The maximum atomic E-state index is 13.4. The number of hydrogen-bond acceptors (Lipinski definition) is 16. The van der Waals surface area contributed by atoms with Crippen LogP contribution in [-0.2, 0) is 76.3 Å². The Morgan fingerprint density at radius 2 is 0.776 bits per heavy atom. The molecule has 1 fully saturated rings. The largest absolute Gasteiger partial charge is 0.465 e. The standard InChI is InChI=1S/C42H56O16/c1-10-31(43)51-22-41(23-52-32(44)11-2,24-53-33(45)12-3)28-57-37(49)16-17-40(9)20-30(19-39(7,8)21-40)18-38(50)58-29-42(25-54-34(46)13-4,26-55-35(47)14-5)27-56-36(48)15-6/h10-15,30H,1-6,16-29H2,7-9H3. The molecule has 58 heavy (non-hydrogen) atoms. The van der Waals surface area contributed by atoms with E-state index in [1.807, 2.05) is 6.92 Å². The molecule has 0 N–H and O–H groups in total. The molecule has 1 aliphatic carbocycles. The molecular formula is C42H56O16. The molecule has 2 atom stereocenters. The average Bonchev–Trinajstić information content (AvgIpc) is 3.19. The number of rotatable bonds is 27. The van der Waals surface area contributed by atoms with Gasteiger partial charge >= 0.3 is 47.8 Å². The van der Waals surface area contributed by atoms with Crippen LogP contribution in [0.1, 0.15) is 59.3 Å². The molecule has 1 rings (SSSR count). The van der Waals surface area contributed by atoms with Crippen LogP contribution in [0.2, 0.25) is 0 Å². The Bertz CT molecular complexity index is 1450.